The Balaban J connectivity index is 1.68. The predicted molar refractivity (Wildman–Crippen MR) is 106 cm³/mol. The summed E-state index contributed by atoms with van der Waals surface area (Å²) >= 11 is 5.51. The molecule has 2 N–H and O–H groups in total. The lowest BCUT2D eigenvalue weighted by Gasteiger charge is -2.23. The highest BCUT2D eigenvalue weighted by molar-refractivity contribution is 7.80. The number of thiocarbonyl (C=S) groups is 1. The zero-order valence-corrected chi connectivity index (χ0v) is 15.7. The summed E-state index contributed by atoms with van der Waals surface area (Å²) in [5, 5.41) is 7.26. The number of benzene rings is 2. The maximum Gasteiger partial charge on any atom is 0.171 e. The van der Waals surface area contributed by atoms with Crippen molar-refractivity contribution in [2.75, 3.05) is 18.5 Å². The van der Waals surface area contributed by atoms with Gasteiger partial charge in [-0.15, -0.1) is 0 Å². The van der Waals surface area contributed by atoms with Crippen molar-refractivity contribution in [2.24, 2.45) is 0 Å². The number of ether oxygens (including phenoxy) is 2. The van der Waals surface area contributed by atoms with E-state index < -0.39 is 0 Å². The standard InChI is InChI=1S/C20H24N2O2S/c1-4-17(16-7-5-13(2)11-14(16)3)22-20(25)21-15-6-8-18-19(12-15)24-10-9-23-18/h5-8,11-12,17H,4,9-10H2,1-3H3,(H2,21,22,25)/t17-/m1/s1. The van der Waals surface area contributed by atoms with Crippen LogP contribution in [0.3, 0.4) is 0 Å². The normalized spacial score (nSPS) is 13.9. The van der Waals surface area contributed by atoms with Crippen molar-refractivity contribution >= 4 is 23.0 Å². The molecule has 4 nitrogen and oxygen atoms in total. The van der Waals surface area contributed by atoms with Gasteiger partial charge in [-0.1, -0.05) is 30.7 Å². The van der Waals surface area contributed by atoms with Crippen LogP contribution in [-0.4, -0.2) is 18.3 Å². The number of aryl methyl sites for hydroxylation is 2. The van der Waals surface area contributed by atoms with Gasteiger partial charge >= 0.3 is 0 Å². The summed E-state index contributed by atoms with van der Waals surface area (Å²) in [7, 11) is 0. The summed E-state index contributed by atoms with van der Waals surface area (Å²) in [6.07, 6.45) is 0.951. The molecule has 1 aliphatic rings. The molecule has 0 unspecified atom stereocenters. The van der Waals surface area contributed by atoms with Crippen molar-refractivity contribution in [3.63, 3.8) is 0 Å². The third-order valence-corrected chi connectivity index (χ3v) is 4.53. The van der Waals surface area contributed by atoms with Gasteiger partial charge in [-0.05, 0) is 55.7 Å². The van der Waals surface area contributed by atoms with Gasteiger partial charge in [-0.25, -0.2) is 0 Å². The van der Waals surface area contributed by atoms with Gasteiger partial charge in [-0.3, -0.25) is 0 Å². The van der Waals surface area contributed by atoms with E-state index in [1.807, 2.05) is 18.2 Å². The van der Waals surface area contributed by atoms with Gasteiger partial charge in [0.2, 0.25) is 0 Å². The van der Waals surface area contributed by atoms with Crippen LogP contribution in [0, 0.1) is 13.8 Å². The van der Waals surface area contributed by atoms with Crippen LogP contribution in [0.25, 0.3) is 0 Å². The molecule has 5 heteroatoms. The van der Waals surface area contributed by atoms with Gasteiger partial charge in [0.25, 0.3) is 0 Å². The predicted octanol–water partition coefficient (Wildman–Crippen LogP) is 4.51. The molecule has 0 saturated carbocycles. The lowest BCUT2D eigenvalue weighted by Crippen LogP contribution is -2.32. The van der Waals surface area contributed by atoms with E-state index in [-0.39, 0.29) is 6.04 Å². The van der Waals surface area contributed by atoms with Crippen molar-refractivity contribution in [3.05, 3.63) is 53.1 Å². The second kappa shape index (κ2) is 7.74. The summed E-state index contributed by atoms with van der Waals surface area (Å²) in [5.74, 6) is 1.53. The van der Waals surface area contributed by atoms with Crippen molar-refractivity contribution in [3.8, 4) is 11.5 Å². The Kier molecular flexibility index (Phi) is 5.43. The fraction of sp³-hybridized carbons (Fsp3) is 0.350. The minimum absolute atomic E-state index is 0.179. The van der Waals surface area contributed by atoms with E-state index in [1.54, 1.807) is 0 Å². The molecule has 1 aliphatic heterocycles. The Morgan fingerprint density at radius 1 is 1.08 bits per heavy atom. The SMILES string of the molecule is CC[C@@H](NC(=S)Nc1ccc2c(c1)OCCO2)c1ccc(C)cc1C. The van der Waals surface area contributed by atoms with Gasteiger partial charge < -0.3 is 20.1 Å². The molecular weight excluding hydrogens is 332 g/mol. The number of nitrogens with one attached hydrogen (secondary N) is 2. The van der Waals surface area contributed by atoms with Crippen molar-refractivity contribution < 1.29 is 9.47 Å². The first-order valence-electron chi connectivity index (χ1n) is 8.61. The van der Waals surface area contributed by atoms with Crippen LogP contribution < -0.4 is 20.1 Å². The molecule has 0 fully saturated rings. The summed E-state index contributed by atoms with van der Waals surface area (Å²) in [4.78, 5) is 0. The quantitative estimate of drug-likeness (QED) is 0.789. The third kappa shape index (κ3) is 4.23. The highest BCUT2D eigenvalue weighted by Gasteiger charge is 2.15. The van der Waals surface area contributed by atoms with Crippen LogP contribution >= 0.6 is 12.2 Å². The first-order valence-corrected chi connectivity index (χ1v) is 9.02. The Morgan fingerprint density at radius 3 is 2.56 bits per heavy atom. The molecule has 0 saturated heterocycles. The highest BCUT2D eigenvalue weighted by atomic mass is 32.1. The molecule has 0 aliphatic carbocycles. The van der Waals surface area contributed by atoms with E-state index >= 15 is 0 Å². The molecule has 0 aromatic heterocycles. The number of rotatable bonds is 4. The maximum absolute atomic E-state index is 5.62. The van der Waals surface area contributed by atoms with E-state index in [1.165, 1.54) is 16.7 Å². The van der Waals surface area contributed by atoms with Gasteiger partial charge in [0.05, 0.1) is 6.04 Å². The smallest absolute Gasteiger partial charge is 0.171 e. The fourth-order valence-corrected chi connectivity index (χ4v) is 3.32. The minimum atomic E-state index is 0.179. The average molecular weight is 356 g/mol. The van der Waals surface area contributed by atoms with Crippen LogP contribution in [0.4, 0.5) is 5.69 Å². The third-order valence-electron chi connectivity index (χ3n) is 4.31. The maximum atomic E-state index is 5.62. The van der Waals surface area contributed by atoms with Gasteiger partial charge in [0.15, 0.2) is 16.6 Å². The minimum Gasteiger partial charge on any atom is -0.486 e. The van der Waals surface area contributed by atoms with E-state index in [9.17, 15) is 0 Å². The Morgan fingerprint density at radius 2 is 1.84 bits per heavy atom. The van der Waals surface area contributed by atoms with Gasteiger partial charge in [-0.2, -0.15) is 0 Å². The van der Waals surface area contributed by atoms with Crippen LogP contribution in [0.2, 0.25) is 0 Å². The first kappa shape index (κ1) is 17.5. The summed E-state index contributed by atoms with van der Waals surface area (Å²) in [5.41, 5.74) is 4.71. The van der Waals surface area contributed by atoms with Crippen molar-refractivity contribution in [2.45, 2.75) is 33.2 Å². The second-order valence-electron chi connectivity index (χ2n) is 6.28. The Hall–Kier alpha value is -2.27. The zero-order chi connectivity index (χ0) is 17.8. The Bertz CT molecular complexity index is 776. The second-order valence-corrected chi connectivity index (χ2v) is 6.69. The molecule has 0 radical (unpaired) electrons. The van der Waals surface area contributed by atoms with Gasteiger partial charge in [0, 0.05) is 11.8 Å². The molecule has 3 rings (SSSR count). The van der Waals surface area contributed by atoms with Crippen LogP contribution in [0.1, 0.15) is 36.1 Å². The van der Waals surface area contributed by atoms with Crippen molar-refractivity contribution in [1.82, 2.24) is 5.32 Å². The highest BCUT2D eigenvalue weighted by Crippen LogP contribution is 2.32. The molecule has 1 heterocycles. The number of hydrogen-bond acceptors (Lipinski definition) is 3. The van der Waals surface area contributed by atoms with E-state index in [0.717, 1.165) is 23.6 Å². The molecule has 0 bridgehead atoms. The summed E-state index contributed by atoms with van der Waals surface area (Å²) < 4.78 is 11.2. The van der Waals surface area contributed by atoms with Crippen LogP contribution in [-0.2, 0) is 0 Å². The zero-order valence-electron chi connectivity index (χ0n) is 14.9. The number of hydrogen-bond donors (Lipinski definition) is 2. The number of fused-ring (bicyclic) bond motifs is 1. The monoisotopic (exact) mass is 356 g/mol. The number of anilines is 1. The first-order chi connectivity index (χ1) is 12.1. The molecule has 132 valence electrons. The lowest BCUT2D eigenvalue weighted by molar-refractivity contribution is 0.171. The fourth-order valence-electron chi connectivity index (χ4n) is 3.06. The summed E-state index contributed by atoms with van der Waals surface area (Å²) in [6.45, 7) is 7.57. The topological polar surface area (TPSA) is 42.5 Å². The molecule has 2 aromatic rings. The Labute approximate surface area is 154 Å². The van der Waals surface area contributed by atoms with Crippen LogP contribution in [0.5, 0.6) is 11.5 Å². The van der Waals surface area contributed by atoms with Crippen molar-refractivity contribution in [1.29, 1.82) is 0 Å². The molecule has 0 amide bonds. The average Bonchev–Trinajstić information content (AvgIpc) is 2.60. The van der Waals surface area contributed by atoms with Gasteiger partial charge in [0.1, 0.15) is 13.2 Å². The molecule has 2 aromatic carbocycles. The molecule has 0 spiro atoms. The van der Waals surface area contributed by atoms with Crippen LogP contribution in [0.15, 0.2) is 36.4 Å². The molecular formula is C20H24N2O2S. The van der Waals surface area contributed by atoms with E-state index in [4.69, 9.17) is 21.7 Å². The molecule has 1 atom stereocenters. The van der Waals surface area contributed by atoms with E-state index in [2.05, 4.69) is 49.6 Å². The molecule has 25 heavy (non-hydrogen) atoms. The lowest BCUT2D eigenvalue weighted by atomic mass is 9.98. The summed E-state index contributed by atoms with van der Waals surface area (Å²) in [6, 6.07) is 12.5. The largest absolute Gasteiger partial charge is 0.486 e. The van der Waals surface area contributed by atoms with E-state index in [0.29, 0.717) is 18.3 Å².